The van der Waals surface area contributed by atoms with Crippen molar-refractivity contribution < 1.29 is 26.3 Å². The molecule has 0 aromatic heterocycles. The Bertz CT molecular complexity index is 1040. The summed E-state index contributed by atoms with van der Waals surface area (Å²) in [5.41, 5.74) is 1.76. The van der Waals surface area contributed by atoms with E-state index in [1.54, 1.807) is 24.3 Å². The van der Waals surface area contributed by atoms with Crippen molar-refractivity contribution in [1.29, 1.82) is 0 Å². The zero-order valence-corrected chi connectivity index (χ0v) is 17.6. The van der Waals surface area contributed by atoms with Crippen LogP contribution in [-0.2, 0) is 17.8 Å². The van der Waals surface area contributed by atoms with E-state index in [2.05, 4.69) is 0 Å². The second-order valence-electron chi connectivity index (χ2n) is 7.68. The molecule has 0 aliphatic carbocycles. The number of hydrogen-bond donors (Lipinski definition) is 0. The Morgan fingerprint density at radius 2 is 1.31 bits per heavy atom. The highest BCUT2D eigenvalue weighted by Crippen LogP contribution is 2.34. The van der Waals surface area contributed by atoms with Gasteiger partial charge in [0, 0.05) is 43.0 Å². The largest absolute Gasteiger partial charge is 0.760 e. The minimum absolute atomic E-state index is 0.166. The average Bonchev–Trinajstić information content (AvgIpc) is 2.70. The molecule has 1 unspecified atom stereocenters. The van der Waals surface area contributed by atoms with Gasteiger partial charge < -0.3 is 4.55 Å². The quantitative estimate of drug-likeness (QED) is 0.388. The lowest BCUT2D eigenvalue weighted by Gasteiger charge is -2.49. The van der Waals surface area contributed by atoms with Crippen molar-refractivity contribution in [2.45, 2.75) is 18.6 Å². The Labute approximate surface area is 185 Å². The van der Waals surface area contributed by atoms with E-state index in [-0.39, 0.29) is 29.8 Å². The van der Waals surface area contributed by atoms with Crippen molar-refractivity contribution >= 4 is 11.3 Å². The van der Waals surface area contributed by atoms with Gasteiger partial charge in [0.05, 0.1) is 6.04 Å². The highest BCUT2D eigenvalue weighted by atomic mass is 32.2. The van der Waals surface area contributed by atoms with Crippen LogP contribution in [-0.4, -0.2) is 37.1 Å². The van der Waals surface area contributed by atoms with E-state index in [1.165, 1.54) is 24.3 Å². The second kappa shape index (κ2) is 9.50. The first-order chi connectivity index (χ1) is 15.3. The monoisotopic (exact) mass is 463 g/mol. The zero-order valence-electron chi connectivity index (χ0n) is 16.8. The van der Waals surface area contributed by atoms with Crippen LogP contribution >= 0.6 is 0 Å². The summed E-state index contributed by atoms with van der Waals surface area (Å²) >= 11 is -2.61. The van der Waals surface area contributed by atoms with Gasteiger partial charge in [-0.05, 0) is 53.1 Å². The lowest BCUT2D eigenvalue weighted by molar-refractivity contribution is 0.0493. The van der Waals surface area contributed by atoms with Crippen LogP contribution in [0.3, 0.4) is 0 Å². The van der Waals surface area contributed by atoms with E-state index in [4.69, 9.17) is 0 Å². The molecule has 1 aliphatic rings. The Morgan fingerprint density at radius 3 is 1.75 bits per heavy atom. The highest BCUT2D eigenvalue weighted by Gasteiger charge is 2.38. The third-order valence-electron chi connectivity index (χ3n) is 5.49. The summed E-state index contributed by atoms with van der Waals surface area (Å²) in [4.78, 5) is 1.98. The molecule has 0 amide bonds. The molecular weight excluding hydrogens is 444 g/mol. The summed E-state index contributed by atoms with van der Waals surface area (Å²) < 4.78 is 78.7. The number of rotatable bonds is 7. The molecule has 0 saturated carbocycles. The molecule has 0 spiro atoms. The first kappa shape index (κ1) is 22.6. The van der Waals surface area contributed by atoms with E-state index in [0.717, 1.165) is 33.6 Å². The molecule has 32 heavy (non-hydrogen) atoms. The van der Waals surface area contributed by atoms with Crippen LogP contribution in [0.5, 0.6) is 0 Å². The van der Waals surface area contributed by atoms with Gasteiger partial charge in [-0.3, -0.25) is 9.11 Å². The Kier molecular flexibility index (Phi) is 6.71. The van der Waals surface area contributed by atoms with Gasteiger partial charge in [-0.25, -0.2) is 21.9 Å². The summed E-state index contributed by atoms with van der Waals surface area (Å²) in [5.74, 6) is -2.33. The molecule has 168 valence electrons. The Balaban J connectivity index is 1.54. The molecule has 0 bridgehead atoms. The molecule has 9 heteroatoms. The van der Waals surface area contributed by atoms with Crippen LogP contribution in [0, 0.1) is 23.3 Å². The SMILES string of the molecule is O=S([O-])N(Cc1cc(F)cc(F)c1)C1CN(C(c2ccc(F)cc2)c2ccc(F)cc2)C1. The predicted molar refractivity (Wildman–Crippen MR) is 111 cm³/mol. The molecule has 4 nitrogen and oxygen atoms in total. The molecule has 1 atom stereocenters. The van der Waals surface area contributed by atoms with Crippen LogP contribution in [0.25, 0.3) is 0 Å². The minimum atomic E-state index is -2.61. The number of likely N-dealkylation sites (tertiary alicyclic amines) is 1. The Hall–Kier alpha value is -2.59. The Morgan fingerprint density at radius 1 is 0.844 bits per heavy atom. The molecule has 4 rings (SSSR count). The lowest BCUT2D eigenvalue weighted by atomic mass is 9.93. The average molecular weight is 463 g/mol. The molecule has 1 heterocycles. The zero-order chi connectivity index (χ0) is 22.8. The van der Waals surface area contributed by atoms with Crippen LogP contribution in [0.15, 0.2) is 66.7 Å². The second-order valence-corrected chi connectivity index (χ2v) is 8.59. The summed E-state index contributed by atoms with van der Waals surface area (Å²) in [6.07, 6.45) is 0. The summed E-state index contributed by atoms with van der Waals surface area (Å²) in [6.45, 7) is 0.511. The van der Waals surface area contributed by atoms with Crippen molar-refractivity contribution in [1.82, 2.24) is 9.21 Å². The van der Waals surface area contributed by atoms with Gasteiger partial charge in [-0.1, -0.05) is 24.3 Å². The van der Waals surface area contributed by atoms with Crippen LogP contribution < -0.4 is 0 Å². The number of hydrogen-bond acceptors (Lipinski definition) is 3. The van der Waals surface area contributed by atoms with Crippen molar-refractivity contribution in [2.75, 3.05) is 13.1 Å². The third kappa shape index (κ3) is 5.07. The maximum Gasteiger partial charge on any atom is 0.126 e. The third-order valence-corrected chi connectivity index (χ3v) is 6.30. The van der Waals surface area contributed by atoms with E-state index in [0.29, 0.717) is 13.1 Å². The van der Waals surface area contributed by atoms with Gasteiger partial charge >= 0.3 is 0 Å². The number of halogens is 4. The predicted octanol–water partition coefficient (Wildman–Crippen LogP) is 4.31. The van der Waals surface area contributed by atoms with Crippen LogP contribution in [0.4, 0.5) is 17.6 Å². The van der Waals surface area contributed by atoms with Gasteiger partial charge in [0.25, 0.3) is 0 Å². The van der Waals surface area contributed by atoms with Crippen molar-refractivity contribution in [3.8, 4) is 0 Å². The molecule has 1 aliphatic heterocycles. The van der Waals surface area contributed by atoms with Gasteiger partial charge in [-0.15, -0.1) is 0 Å². The van der Waals surface area contributed by atoms with Gasteiger partial charge in [0.2, 0.25) is 0 Å². The van der Waals surface area contributed by atoms with Crippen LogP contribution in [0.2, 0.25) is 0 Å². The summed E-state index contributed by atoms with van der Waals surface area (Å²) in [6, 6.07) is 14.0. The van der Waals surface area contributed by atoms with Crippen LogP contribution in [0.1, 0.15) is 22.7 Å². The minimum Gasteiger partial charge on any atom is -0.760 e. The fourth-order valence-corrected chi connectivity index (χ4v) is 4.60. The van der Waals surface area contributed by atoms with Gasteiger partial charge in [-0.2, -0.15) is 0 Å². The smallest absolute Gasteiger partial charge is 0.126 e. The van der Waals surface area contributed by atoms with E-state index in [1.807, 2.05) is 4.90 Å². The van der Waals surface area contributed by atoms with Crippen molar-refractivity contribution in [3.05, 3.63) is 107 Å². The molecule has 3 aromatic rings. The first-order valence-electron chi connectivity index (χ1n) is 9.86. The van der Waals surface area contributed by atoms with Crippen molar-refractivity contribution in [2.24, 2.45) is 0 Å². The maximum absolute atomic E-state index is 13.5. The van der Waals surface area contributed by atoms with E-state index in [9.17, 15) is 26.3 Å². The summed E-state index contributed by atoms with van der Waals surface area (Å²) in [7, 11) is 0. The normalized spacial score (nSPS) is 15.8. The highest BCUT2D eigenvalue weighted by molar-refractivity contribution is 7.76. The standard InChI is InChI=1S/C23H20F4N2O2S/c24-18-5-1-16(2-6-18)23(17-3-7-19(25)8-4-17)28-13-22(14-28)29(32(30)31)12-15-9-20(26)11-21(27)10-15/h1-11,22-23H,12-14H2,(H,30,31)/p-1. The molecule has 0 radical (unpaired) electrons. The van der Waals surface area contributed by atoms with E-state index < -0.39 is 28.9 Å². The molecule has 3 aromatic carbocycles. The maximum atomic E-state index is 13.5. The summed E-state index contributed by atoms with van der Waals surface area (Å²) in [5, 5.41) is 0. The molecule has 0 N–H and O–H groups in total. The van der Waals surface area contributed by atoms with E-state index >= 15 is 0 Å². The molecular formula is C23H19F4N2O2S-. The van der Waals surface area contributed by atoms with Gasteiger partial charge in [0.15, 0.2) is 0 Å². The molecule has 1 fully saturated rings. The fraction of sp³-hybridized carbons (Fsp3) is 0.217. The number of nitrogens with zero attached hydrogens (tertiary/aromatic N) is 2. The number of benzene rings is 3. The molecule has 1 saturated heterocycles. The van der Waals surface area contributed by atoms with Gasteiger partial charge in [0.1, 0.15) is 23.3 Å². The fourth-order valence-electron chi connectivity index (χ4n) is 3.97. The first-order valence-corrected chi connectivity index (χ1v) is 10.9. The topological polar surface area (TPSA) is 46.6 Å². The van der Waals surface area contributed by atoms with Crippen molar-refractivity contribution in [3.63, 3.8) is 0 Å². The lowest BCUT2D eigenvalue weighted by Crippen LogP contribution is -2.60.